The van der Waals surface area contributed by atoms with Crippen LogP contribution in [-0.4, -0.2) is 38.6 Å². The molecule has 62 heavy (non-hydrogen) atoms. The molecule has 0 saturated heterocycles. The van der Waals surface area contributed by atoms with Crippen LogP contribution in [0.2, 0.25) is 0 Å². The SMILES string of the molecule is [Li].c1ccc2c(c1)C1c3ccccc3[C]2([Sn]([C]23c4ccccc4C(c4ccccc42)c2ccccc23)[C]23c4ccccc4C(c4ccccc42)c2ccccc23)c2ccccc21. The van der Waals surface area contributed by atoms with Gasteiger partial charge in [0.1, 0.15) is 0 Å². The van der Waals surface area contributed by atoms with Gasteiger partial charge in [0.25, 0.3) is 0 Å². The Balaban J connectivity index is 0.00000375. The minimum atomic E-state index is -4.05. The van der Waals surface area contributed by atoms with Gasteiger partial charge in [0.2, 0.25) is 0 Å². The zero-order valence-electron chi connectivity index (χ0n) is 34.5. The molecule has 0 aliphatic heterocycles. The molecule has 0 heterocycles. The predicted octanol–water partition coefficient (Wildman–Crippen LogP) is 12.2. The van der Waals surface area contributed by atoms with E-state index in [1.165, 1.54) is 100 Å². The second-order valence-corrected chi connectivity index (χ2v) is 26.8. The van der Waals surface area contributed by atoms with Gasteiger partial charge in [0, 0.05) is 18.9 Å². The van der Waals surface area contributed by atoms with E-state index in [2.05, 4.69) is 218 Å². The van der Waals surface area contributed by atoms with Crippen molar-refractivity contribution >= 4 is 38.6 Å². The maximum atomic E-state index is 2.58. The fourth-order valence-corrected chi connectivity index (χ4v) is 32.3. The molecule has 18 rings (SSSR count). The molecule has 0 nitrogen and oxygen atoms in total. The number of rotatable bonds is 3. The molecule has 9 aliphatic carbocycles. The predicted molar refractivity (Wildman–Crippen MR) is 252 cm³/mol. The van der Waals surface area contributed by atoms with Crippen LogP contribution < -0.4 is 0 Å². The van der Waals surface area contributed by atoms with E-state index in [1.54, 1.807) is 0 Å². The second kappa shape index (κ2) is 12.5. The van der Waals surface area contributed by atoms with Gasteiger partial charge in [-0.3, -0.25) is 0 Å². The van der Waals surface area contributed by atoms with Crippen LogP contribution in [-0.2, 0) is 10.3 Å². The van der Waals surface area contributed by atoms with Gasteiger partial charge in [-0.1, -0.05) is 0 Å². The molecular formula is C60H39LiSn. The Morgan fingerprint density at radius 1 is 0.210 bits per heavy atom. The molecular weight excluding hydrogens is 846 g/mol. The molecule has 0 aromatic heterocycles. The fraction of sp³-hybridized carbons (Fsp3) is 0.100. The topological polar surface area (TPSA) is 0 Å². The fourth-order valence-electron chi connectivity index (χ4n) is 14.7. The summed E-state index contributed by atoms with van der Waals surface area (Å²) >= 11 is -4.05. The van der Waals surface area contributed by atoms with Gasteiger partial charge in [-0.25, -0.2) is 0 Å². The van der Waals surface area contributed by atoms with Crippen molar-refractivity contribution in [3.63, 3.8) is 0 Å². The van der Waals surface area contributed by atoms with E-state index in [4.69, 9.17) is 0 Å². The third-order valence-electron chi connectivity index (χ3n) is 16.2. The van der Waals surface area contributed by atoms with E-state index in [1.807, 2.05) is 0 Å². The first-order valence-electron chi connectivity index (χ1n) is 22.0. The van der Waals surface area contributed by atoms with Crippen LogP contribution in [0.25, 0.3) is 0 Å². The van der Waals surface area contributed by atoms with Gasteiger partial charge < -0.3 is 0 Å². The zero-order valence-corrected chi connectivity index (χ0v) is 37.4. The molecule has 2 heteroatoms. The average Bonchev–Trinajstić information content (AvgIpc) is 3.34. The van der Waals surface area contributed by atoms with Crippen molar-refractivity contribution in [3.05, 3.63) is 319 Å². The first kappa shape index (κ1) is 35.9. The van der Waals surface area contributed by atoms with Crippen molar-refractivity contribution in [3.8, 4) is 0 Å². The molecule has 0 amide bonds. The van der Waals surface area contributed by atoms with Crippen molar-refractivity contribution in [2.24, 2.45) is 0 Å². The maximum absolute atomic E-state index is 4.05. The average molecular weight is 886 g/mol. The monoisotopic (exact) mass is 886 g/mol. The van der Waals surface area contributed by atoms with E-state index >= 15 is 0 Å². The molecule has 0 saturated carbocycles. The van der Waals surface area contributed by atoms with Crippen LogP contribution in [0.5, 0.6) is 0 Å². The summed E-state index contributed by atoms with van der Waals surface area (Å²) in [6.45, 7) is 0. The zero-order chi connectivity index (χ0) is 39.7. The Bertz CT molecular complexity index is 2690. The summed E-state index contributed by atoms with van der Waals surface area (Å²) in [5.41, 5.74) is 27.3. The van der Waals surface area contributed by atoms with E-state index in [0.717, 1.165) is 0 Å². The standard InChI is InChI=1S/3C20H13.Li.Sn/c3*1-2-8-14-13(7-1)19-15-9-3-5-11-17(15)20(14)18-12-6-4-10-16(18)19;;/h3*1-12,19H;;. The van der Waals surface area contributed by atoms with Crippen LogP contribution in [0.4, 0.5) is 0 Å². The van der Waals surface area contributed by atoms with E-state index in [9.17, 15) is 0 Å². The summed E-state index contributed by atoms with van der Waals surface area (Å²) in [6, 6.07) is 87.8. The summed E-state index contributed by atoms with van der Waals surface area (Å²) in [7, 11) is 0. The summed E-state index contributed by atoms with van der Waals surface area (Å²) < 4.78 is -1.30. The first-order valence-corrected chi connectivity index (χ1v) is 26.3. The summed E-state index contributed by atoms with van der Waals surface area (Å²) in [5, 5.41) is 0. The summed E-state index contributed by atoms with van der Waals surface area (Å²) in [4.78, 5) is 0. The van der Waals surface area contributed by atoms with Crippen LogP contribution in [0.3, 0.4) is 0 Å². The number of benzene rings is 9. The van der Waals surface area contributed by atoms with Crippen molar-refractivity contribution < 1.29 is 0 Å². The first-order chi connectivity index (χ1) is 30.3. The van der Waals surface area contributed by atoms with Crippen LogP contribution in [0.15, 0.2) is 218 Å². The minimum absolute atomic E-state index is 0. The molecule has 6 bridgehead atoms. The molecule has 9 aromatic carbocycles. The summed E-state index contributed by atoms with van der Waals surface area (Å²) in [5.74, 6) is 0.564. The molecule has 0 spiro atoms. The molecule has 2 radical (unpaired) electrons. The Morgan fingerprint density at radius 2 is 0.339 bits per heavy atom. The van der Waals surface area contributed by atoms with E-state index in [-0.39, 0.29) is 36.6 Å². The third kappa shape index (κ3) is 3.82. The molecule has 284 valence electrons. The van der Waals surface area contributed by atoms with Gasteiger partial charge in [-0.15, -0.1) is 0 Å². The van der Waals surface area contributed by atoms with Crippen LogP contribution in [0.1, 0.15) is 118 Å². The van der Waals surface area contributed by atoms with Crippen LogP contribution in [0, 0.1) is 0 Å². The number of hydrogen-bond donors (Lipinski definition) is 0. The van der Waals surface area contributed by atoms with Gasteiger partial charge in [0.05, 0.1) is 0 Å². The molecule has 9 aromatic rings. The van der Waals surface area contributed by atoms with Gasteiger partial charge in [0.15, 0.2) is 0 Å². The molecule has 0 fully saturated rings. The normalized spacial score (nSPS) is 24.8. The van der Waals surface area contributed by atoms with Crippen molar-refractivity contribution in [2.75, 3.05) is 0 Å². The second-order valence-electron chi connectivity index (χ2n) is 18.2. The van der Waals surface area contributed by atoms with E-state index in [0.29, 0.717) is 0 Å². The Morgan fingerprint density at radius 3 is 0.484 bits per heavy atom. The van der Waals surface area contributed by atoms with Crippen LogP contribution >= 0.6 is 0 Å². The van der Waals surface area contributed by atoms with Crippen molar-refractivity contribution in [2.45, 2.75) is 28.0 Å². The molecule has 0 N–H and O–H groups in total. The molecule has 9 aliphatic rings. The Hall–Kier alpha value is -5.62. The quantitative estimate of drug-likeness (QED) is 0.155. The molecule has 0 unspecified atom stereocenters. The summed E-state index contributed by atoms with van der Waals surface area (Å²) in [6.07, 6.45) is 0. The van der Waals surface area contributed by atoms with Gasteiger partial charge in [-0.2, -0.15) is 0 Å². The van der Waals surface area contributed by atoms with Gasteiger partial charge in [-0.05, 0) is 0 Å². The molecule has 0 atom stereocenters. The third-order valence-corrected chi connectivity index (χ3v) is 29.5. The van der Waals surface area contributed by atoms with Gasteiger partial charge >= 0.3 is 366 Å². The Labute approximate surface area is 382 Å². The number of hydrogen-bond acceptors (Lipinski definition) is 0. The Kier molecular flexibility index (Phi) is 7.25. The van der Waals surface area contributed by atoms with Crippen molar-refractivity contribution in [1.82, 2.24) is 0 Å². The van der Waals surface area contributed by atoms with E-state index < -0.39 is 30.1 Å². The van der Waals surface area contributed by atoms with Crippen molar-refractivity contribution in [1.29, 1.82) is 0 Å².